The molecule has 4 heteroatoms. The van der Waals surface area contributed by atoms with Gasteiger partial charge in [-0.05, 0) is 68.7 Å². The molecule has 1 aliphatic heterocycles. The van der Waals surface area contributed by atoms with E-state index in [9.17, 15) is 0 Å². The maximum absolute atomic E-state index is 6.24. The Bertz CT molecular complexity index is 831. The fourth-order valence-electron chi connectivity index (χ4n) is 3.94. The molecule has 1 heterocycles. The van der Waals surface area contributed by atoms with Gasteiger partial charge in [0.25, 0.3) is 0 Å². The van der Waals surface area contributed by atoms with Crippen molar-refractivity contribution in [1.29, 1.82) is 0 Å². The van der Waals surface area contributed by atoms with Gasteiger partial charge in [0, 0.05) is 23.3 Å². The van der Waals surface area contributed by atoms with Crippen molar-refractivity contribution in [1.82, 2.24) is 0 Å². The van der Waals surface area contributed by atoms with E-state index in [1.54, 1.807) is 7.11 Å². The van der Waals surface area contributed by atoms with Crippen molar-refractivity contribution >= 4 is 28.9 Å². The molecule has 2 aromatic rings. The molecule has 1 aliphatic rings. The zero-order valence-corrected chi connectivity index (χ0v) is 16.6. The minimum atomic E-state index is -0.147. The van der Waals surface area contributed by atoms with E-state index in [0.717, 1.165) is 18.7 Å². The predicted molar refractivity (Wildman–Crippen MR) is 107 cm³/mol. The number of halogens is 2. The van der Waals surface area contributed by atoms with Gasteiger partial charge in [-0.3, -0.25) is 0 Å². The van der Waals surface area contributed by atoms with Gasteiger partial charge in [0.2, 0.25) is 0 Å². The van der Waals surface area contributed by atoms with Crippen LogP contribution in [0.2, 0.25) is 10.0 Å². The largest absolute Gasteiger partial charge is 0.497 e. The molecular formula is C21H23Cl2NO. The number of nitrogens with zero attached hydrogens (tertiary/aromatic N) is 1. The fraction of sp³-hybridized carbons (Fsp3) is 0.333. The average molecular weight is 376 g/mol. The first-order valence-electron chi connectivity index (χ1n) is 8.51. The molecule has 132 valence electrons. The molecule has 1 unspecified atom stereocenters. The predicted octanol–water partition coefficient (Wildman–Crippen LogP) is 6.25. The van der Waals surface area contributed by atoms with E-state index in [4.69, 9.17) is 27.9 Å². The Hall–Kier alpha value is -1.64. The zero-order valence-electron chi connectivity index (χ0n) is 15.1. The van der Waals surface area contributed by atoms with Crippen LogP contribution in [0.15, 0.2) is 48.2 Å². The molecule has 0 saturated carbocycles. The second-order valence-corrected chi connectivity index (χ2v) is 7.37. The standard InChI is InChI=1S/C21H23Cl2NO/c1-5-20-21(3,13-14-7-9-17(22)18(23)11-14)16-12-15(25-4)8-10-19(16)24(20)6-2/h5,7-12H,6,13H2,1-4H3/b20-5-. The Morgan fingerprint density at radius 2 is 1.88 bits per heavy atom. The van der Waals surface area contributed by atoms with Gasteiger partial charge in [0.05, 0.1) is 17.2 Å². The monoisotopic (exact) mass is 375 g/mol. The molecule has 0 N–H and O–H groups in total. The van der Waals surface area contributed by atoms with Crippen LogP contribution in [0.3, 0.4) is 0 Å². The molecule has 0 amide bonds. The summed E-state index contributed by atoms with van der Waals surface area (Å²) in [4.78, 5) is 2.38. The third-order valence-corrected chi connectivity index (χ3v) is 5.82. The van der Waals surface area contributed by atoms with E-state index in [-0.39, 0.29) is 5.41 Å². The number of fused-ring (bicyclic) bond motifs is 1. The fourth-order valence-corrected chi connectivity index (χ4v) is 4.26. The molecule has 0 saturated heterocycles. The number of likely N-dealkylation sites (N-methyl/N-ethyl adjacent to an activating group) is 1. The number of allylic oxidation sites excluding steroid dienone is 2. The van der Waals surface area contributed by atoms with Crippen molar-refractivity contribution in [3.63, 3.8) is 0 Å². The van der Waals surface area contributed by atoms with E-state index >= 15 is 0 Å². The van der Waals surface area contributed by atoms with Crippen LogP contribution >= 0.6 is 23.2 Å². The van der Waals surface area contributed by atoms with Crippen molar-refractivity contribution < 1.29 is 4.74 Å². The van der Waals surface area contributed by atoms with E-state index in [1.807, 2.05) is 18.2 Å². The number of hydrogen-bond donors (Lipinski definition) is 0. The summed E-state index contributed by atoms with van der Waals surface area (Å²) in [6.07, 6.45) is 3.06. The molecule has 0 bridgehead atoms. The molecule has 3 rings (SSSR count). The maximum atomic E-state index is 6.24. The molecule has 0 spiro atoms. The summed E-state index contributed by atoms with van der Waals surface area (Å²) in [7, 11) is 1.71. The Kier molecular flexibility index (Phi) is 5.04. The summed E-state index contributed by atoms with van der Waals surface area (Å²) in [5, 5.41) is 1.19. The summed E-state index contributed by atoms with van der Waals surface area (Å²) in [5.74, 6) is 0.882. The second-order valence-electron chi connectivity index (χ2n) is 6.56. The molecule has 0 fully saturated rings. The molecule has 1 atom stereocenters. The lowest BCUT2D eigenvalue weighted by molar-refractivity contribution is 0.413. The number of anilines is 1. The van der Waals surface area contributed by atoms with Gasteiger partial charge < -0.3 is 9.64 Å². The first-order valence-corrected chi connectivity index (χ1v) is 9.27. The molecule has 2 nitrogen and oxygen atoms in total. The van der Waals surface area contributed by atoms with E-state index in [1.165, 1.54) is 22.5 Å². The van der Waals surface area contributed by atoms with Crippen LogP contribution in [-0.4, -0.2) is 13.7 Å². The SMILES string of the molecule is C/C=C1\N(CC)c2ccc(OC)cc2C1(C)Cc1ccc(Cl)c(Cl)c1. The third-order valence-electron chi connectivity index (χ3n) is 5.08. The number of ether oxygens (including phenoxy) is 1. The van der Waals surface area contributed by atoms with Crippen LogP contribution in [0.25, 0.3) is 0 Å². The van der Waals surface area contributed by atoms with E-state index < -0.39 is 0 Å². The highest BCUT2D eigenvalue weighted by atomic mass is 35.5. The summed E-state index contributed by atoms with van der Waals surface area (Å²) in [6.45, 7) is 7.51. The highest BCUT2D eigenvalue weighted by Crippen LogP contribution is 2.50. The van der Waals surface area contributed by atoms with Crippen molar-refractivity contribution in [2.24, 2.45) is 0 Å². The molecule has 0 radical (unpaired) electrons. The minimum absolute atomic E-state index is 0.147. The highest BCUT2D eigenvalue weighted by molar-refractivity contribution is 6.42. The second kappa shape index (κ2) is 6.93. The van der Waals surface area contributed by atoms with Crippen molar-refractivity contribution in [3.05, 3.63) is 69.3 Å². The van der Waals surface area contributed by atoms with Crippen LogP contribution in [0.5, 0.6) is 5.75 Å². The summed E-state index contributed by atoms with van der Waals surface area (Å²) in [6, 6.07) is 12.2. The number of rotatable bonds is 4. The van der Waals surface area contributed by atoms with Gasteiger partial charge in [-0.25, -0.2) is 0 Å². The normalized spacial score (nSPS) is 20.9. The lowest BCUT2D eigenvalue weighted by atomic mass is 9.76. The van der Waals surface area contributed by atoms with Gasteiger partial charge in [-0.15, -0.1) is 0 Å². The molecular weight excluding hydrogens is 353 g/mol. The molecule has 25 heavy (non-hydrogen) atoms. The van der Waals surface area contributed by atoms with Crippen molar-refractivity contribution in [2.45, 2.75) is 32.6 Å². The number of methoxy groups -OCH3 is 1. The van der Waals surface area contributed by atoms with Crippen LogP contribution in [0.1, 0.15) is 31.9 Å². The van der Waals surface area contributed by atoms with Gasteiger partial charge in [0.15, 0.2) is 0 Å². The first kappa shape index (κ1) is 18.2. The number of hydrogen-bond acceptors (Lipinski definition) is 2. The minimum Gasteiger partial charge on any atom is -0.497 e. The average Bonchev–Trinajstić information content (AvgIpc) is 2.85. The zero-order chi connectivity index (χ0) is 18.2. The quantitative estimate of drug-likeness (QED) is 0.626. The van der Waals surface area contributed by atoms with E-state index in [0.29, 0.717) is 10.0 Å². The number of benzene rings is 2. The highest BCUT2D eigenvalue weighted by Gasteiger charge is 2.43. The molecule has 0 aromatic heterocycles. The smallest absolute Gasteiger partial charge is 0.119 e. The van der Waals surface area contributed by atoms with Gasteiger partial charge in [-0.1, -0.05) is 35.3 Å². The topological polar surface area (TPSA) is 12.5 Å². The van der Waals surface area contributed by atoms with E-state index in [2.05, 4.69) is 49.9 Å². The van der Waals surface area contributed by atoms with Crippen LogP contribution in [0, 0.1) is 0 Å². The lowest BCUT2D eigenvalue weighted by Gasteiger charge is -2.30. The van der Waals surface area contributed by atoms with Crippen molar-refractivity contribution in [2.75, 3.05) is 18.6 Å². The van der Waals surface area contributed by atoms with Crippen LogP contribution in [-0.2, 0) is 11.8 Å². The lowest BCUT2D eigenvalue weighted by Crippen LogP contribution is -2.30. The van der Waals surface area contributed by atoms with Gasteiger partial charge in [0.1, 0.15) is 5.75 Å². The maximum Gasteiger partial charge on any atom is 0.119 e. The Morgan fingerprint density at radius 1 is 1.12 bits per heavy atom. The van der Waals surface area contributed by atoms with Gasteiger partial charge in [-0.2, -0.15) is 0 Å². The summed E-state index contributed by atoms with van der Waals surface area (Å²) < 4.78 is 5.48. The van der Waals surface area contributed by atoms with Gasteiger partial charge >= 0.3 is 0 Å². The third kappa shape index (κ3) is 3.02. The molecule has 2 aromatic carbocycles. The first-order chi connectivity index (χ1) is 11.9. The van der Waals surface area contributed by atoms with Crippen LogP contribution < -0.4 is 9.64 Å². The van der Waals surface area contributed by atoms with Crippen LogP contribution in [0.4, 0.5) is 5.69 Å². The summed E-state index contributed by atoms with van der Waals surface area (Å²) >= 11 is 12.3. The van der Waals surface area contributed by atoms with Crippen molar-refractivity contribution in [3.8, 4) is 5.75 Å². The molecule has 0 aliphatic carbocycles. The Labute approximate surface area is 160 Å². The summed E-state index contributed by atoms with van der Waals surface area (Å²) in [5.41, 5.74) is 4.87. The Balaban J connectivity index is 2.13. The Morgan fingerprint density at radius 3 is 2.48 bits per heavy atom.